The van der Waals surface area contributed by atoms with Gasteiger partial charge in [0.2, 0.25) is 11.8 Å². The number of aryl methyl sites for hydroxylation is 1. The molecular weight excluding hydrogens is 490 g/mol. The molecule has 0 spiro atoms. The summed E-state index contributed by atoms with van der Waals surface area (Å²) in [6.45, 7) is 3.60. The lowest BCUT2D eigenvalue weighted by atomic mass is 10.0. The van der Waals surface area contributed by atoms with Crippen molar-refractivity contribution in [3.05, 3.63) is 95.6 Å². The number of hydrogen-bond acceptors (Lipinski definition) is 5. The van der Waals surface area contributed by atoms with Gasteiger partial charge in [-0.05, 0) is 54.5 Å². The van der Waals surface area contributed by atoms with Gasteiger partial charge < -0.3 is 15.0 Å². The zero-order valence-corrected chi connectivity index (χ0v) is 22.3. The third-order valence-corrected chi connectivity index (χ3v) is 7.30. The molecule has 1 fully saturated rings. The number of para-hydroxylation sites is 1. The maximum absolute atomic E-state index is 14.0. The van der Waals surface area contributed by atoms with Gasteiger partial charge in [0.1, 0.15) is 18.1 Å². The van der Waals surface area contributed by atoms with Crippen molar-refractivity contribution in [1.29, 1.82) is 0 Å². The molecule has 1 aliphatic heterocycles. The maximum Gasteiger partial charge on any atom is 0.247 e. The molecule has 0 bridgehead atoms. The number of ether oxygens (including phenoxy) is 1. The molecule has 2 heterocycles. The standard InChI is InChI=1S/C31H35N5O3/c1-2-23-14-16-25(17-15-23)30(31(38)32-21-26-11-8-20-39-26)35(19-18-24-9-4-3-5-10-24)29(37)22-36-28-13-7-6-12-27(28)33-34-36/h3-7,9-10,12-17,26,30H,2,8,11,18-22H2,1H3,(H,32,38)/t26-,30+/m1/s1. The van der Waals surface area contributed by atoms with Crippen LogP contribution in [-0.4, -0.2) is 57.5 Å². The molecule has 2 amide bonds. The Bertz CT molecular complexity index is 1380. The van der Waals surface area contributed by atoms with Crippen LogP contribution in [0.1, 0.15) is 42.5 Å². The van der Waals surface area contributed by atoms with Crippen LogP contribution in [0.15, 0.2) is 78.9 Å². The molecule has 1 saturated heterocycles. The lowest BCUT2D eigenvalue weighted by molar-refractivity contribution is -0.141. The first-order valence-corrected chi connectivity index (χ1v) is 13.7. The van der Waals surface area contributed by atoms with E-state index in [1.807, 2.05) is 78.9 Å². The highest BCUT2D eigenvalue weighted by atomic mass is 16.5. The molecule has 0 saturated carbocycles. The molecule has 202 valence electrons. The summed E-state index contributed by atoms with van der Waals surface area (Å²) in [5.41, 5.74) is 4.56. The predicted molar refractivity (Wildman–Crippen MR) is 150 cm³/mol. The third-order valence-electron chi connectivity index (χ3n) is 7.30. The molecule has 0 unspecified atom stereocenters. The minimum atomic E-state index is -0.789. The van der Waals surface area contributed by atoms with E-state index in [9.17, 15) is 9.59 Å². The van der Waals surface area contributed by atoms with Crippen LogP contribution in [0.2, 0.25) is 0 Å². The lowest BCUT2D eigenvalue weighted by Crippen LogP contribution is -2.47. The van der Waals surface area contributed by atoms with Gasteiger partial charge in [0.15, 0.2) is 0 Å². The Hall–Kier alpha value is -4.04. The summed E-state index contributed by atoms with van der Waals surface area (Å²) in [5.74, 6) is -0.405. The number of aromatic nitrogens is 3. The first kappa shape index (κ1) is 26.6. The summed E-state index contributed by atoms with van der Waals surface area (Å²) >= 11 is 0. The average Bonchev–Trinajstić information content (AvgIpc) is 3.65. The summed E-state index contributed by atoms with van der Waals surface area (Å²) in [6, 6.07) is 24.8. The maximum atomic E-state index is 14.0. The Morgan fingerprint density at radius 3 is 2.54 bits per heavy atom. The fourth-order valence-corrected chi connectivity index (χ4v) is 5.07. The van der Waals surface area contributed by atoms with E-state index in [1.54, 1.807) is 9.58 Å². The number of carbonyl (C=O) groups excluding carboxylic acids is 2. The van der Waals surface area contributed by atoms with Crippen LogP contribution in [-0.2, 0) is 33.7 Å². The quantitative estimate of drug-likeness (QED) is 0.319. The Balaban J connectivity index is 1.46. The second-order valence-electron chi connectivity index (χ2n) is 9.94. The monoisotopic (exact) mass is 525 g/mol. The molecule has 0 aliphatic carbocycles. The minimum absolute atomic E-state index is 0.00653. The van der Waals surface area contributed by atoms with Gasteiger partial charge in [0.05, 0.1) is 11.6 Å². The molecule has 1 aliphatic rings. The Kier molecular flexibility index (Phi) is 8.63. The number of carbonyl (C=O) groups is 2. The van der Waals surface area contributed by atoms with Gasteiger partial charge in [-0.15, -0.1) is 5.10 Å². The van der Waals surface area contributed by atoms with Gasteiger partial charge in [-0.2, -0.15) is 0 Å². The second kappa shape index (κ2) is 12.7. The molecule has 8 nitrogen and oxygen atoms in total. The molecule has 2 atom stereocenters. The number of rotatable bonds is 11. The molecule has 1 aromatic heterocycles. The van der Waals surface area contributed by atoms with Crippen molar-refractivity contribution in [2.24, 2.45) is 0 Å². The van der Waals surface area contributed by atoms with E-state index in [2.05, 4.69) is 22.6 Å². The Labute approximate surface area is 229 Å². The summed E-state index contributed by atoms with van der Waals surface area (Å²) in [5, 5.41) is 11.5. The summed E-state index contributed by atoms with van der Waals surface area (Å²) in [6.07, 6.45) is 3.44. The molecule has 4 aromatic rings. The Morgan fingerprint density at radius 1 is 1.03 bits per heavy atom. The fraction of sp³-hybridized carbons (Fsp3) is 0.355. The molecule has 39 heavy (non-hydrogen) atoms. The normalized spacial score (nSPS) is 15.8. The molecule has 3 aromatic carbocycles. The van der Waals surface area contributed by atoms with Gasteiger partial charge >= 0.3 is 0 Å². The smallest absolute Gasteiger partial charge is 0.247 e. The summed E-state index contributed by atoms with van der Waals surface area (Å²) < 4.78 is 7.34. The van der Waals surface area contributed by atoms with Crippen LogP contribution in [0.4, 0.5) is 0 Å². The van der Waals surface area contributed by atoms with Crippen LogP contribution in [0, 0.1) is 0 Å². The van der Waals surface area contributed by atoms with Crippen molar-refractivity contribution < 1.29 is 14.3 Å². The van der Waals surface area contributed by atoms with Crippen molar-refractivity contribution in [1.82, 2.24) is 25.2 Å². The van der Waals surface area contributed by atoms with Crippen LogP contribution in [0.5, 0.6) is 0 Å². The largest absolute Gasteiger partial charge is 0.376 e. The number of hydrogen-bond donors (Lipinski definition) is 1. The Morgan fingerprint density at radius 2 is 1.79 bits per heavy atom. The van der Waals surface area contributed by atoms with Crippen molar-refractivity contribution >= 4 is 22.8 Å². The molecule has 1 N–H and O–H groups in total. The summed E-state index contributed by atoms with van der Waals surface area (Å²) in [7, 11) is 0. The molecule has 8 heteroatoms. The highest BCUT2D eigenvalue weighted by Crippen LogP contribution is 2.24. The minimum Gasteiger partial charge on any atom is -0.376 e. The number of nitrogens with zero attached hydrogens (tertiary/aromatic N) is 4. The van der Waals surface area contributed by atoms with Gasteiger partial charge in [-0.25, -0.2) is 4.68 Å². The van der Waals surface area contributed by atoms with Crippen LogP contribution in [0.3, 0.4) is 0 Å². The number of benzene rings is 3. The van der Waals surface area contributed by atoms with E-state index in [-0.39, 0.29) is 24.5 Å². The SMILES string of the molecule is CCc1ccc([C@@H](C(=O)NC[C@H]2CCCO2)N(CCc2ccccc2)C(=O)Cn2nnc3ccccc32)cc1. The van der Waals surface area contributed by atoms with Crippen molar-refractivity contribution in [2.75, 3.05) is 19.7 Å². The first-order valence-electron chi connectivity index (χ1n) is 13.7. The molecule has 5 rings (SSSR count). The average molecular weight is 526 g/mol. The molecule has 0 radical (unpaired) electrons. The van der Waals surface area contributed by atoms with E-state index < -0.39 is 6.04 Å². The summed E-state index contributed by atoms with van der Waals surface area (Å²) in [4.78, 5) is 29.5. The first-order chi connectivity index (χ1) is 19.1. The van der Waals surface area contributed by atoms with Gasteiger partial charge in [0.25, 0.3) is 0 Å². The second-order valence-corrected chi connectivity index (χ2v) is 9.94. The van der Waals surface area contributed by atoms with Crippen LogP contribution < -0.4 is 5.32 Å². The van der Waals surface area contributed by atoms with Crippen molar-refractivity contribution in [2.45, 2.75) is 51.3 Å². The molecular formula is C31H35N5O3. The van der Waals surface area contributed by atoms with E-state index in [4.69, 9.17) is 4.74 Å². The van der Waals surface area contributed by atoms with E-state index in [0.29, 0.717) is 19.5 Å². The van der Waals surface area contributed by atoms with Gasteiger partial charge in [-0.3, -0.25) is 9.59 Å². The predicted octanol–water partition coefficient (Wildman–Crippen LogP) is 4.10. The highest BCUT2D eigenvalue weighted by Gasteiger charge is 2.32. The van der Waals surface area contributed by atoms with E-state index >= 15 is 0 Å². The zero-order valence-electron chi connectivity index (χ0n) is 22.3. The number of nitrogens with one attached hydrogen (secondary N) is 1. The lowest BCUT2D eigenvalue weighted by Gasteiger charge is -2.32. The third kappa shape index (κ3) is 6.52. The van der Waals surface area contributed by atoms with Crippen LogP contribution >= 0.6 is 0 Å². The zero-order chi connectivity index (χ0) is 27.0. The van der Waals surface area contributed by atoms with Gasteiger partial charge in [-0.1, -0.05) is 78.9 Å². The highest BCUT2D eigenvalue weighted by molar-refractivity contribution is 5.89. The fourth-order valence-electron chi connectivity index (χ4n) is 5.07. The number of fused-ring (bicyclic) bond motifs is 1. The topological polar surface area (TPSA) is 89.4 Å². The van der Waals surface area contributed by atoms with Crippen molar-refractivity contribution in [3.8, 4) is 0 Å². The van der Waals surface area contributed by atoms with Crippen LogP contribution in [0.25, 0.3) is 11.0 Å². The van der Waals surface area contributed by atoms with E-state index in [1.165, 1.54) is 5.56 Å². The van der Waals surface area contributed by atoms with Gasteiger partial charge in [0, 0.05) is 19.7 Å². The van der Waals surface area contributed by atoms with Crippen molar-refractivity contribution in [3.63, 3.8) is 0 Å². The van der Waals surface area contributed by atoms with E-state index in [0.717, 1.165) is 48.0 Å². The number of amides is 2.